The van der Waals surface area contributed by atoms with E-state index in [4.69, 9.17) is 4.74 Å². The summed E-state index contributed by atoms with van der Waals surface area (Å²) in [6.07, 6.45) is 1.57. The summed E-state index contributed by atoms with van der Waals surface area (Å²) in [6, 6.07) is 6.37. The van der Waals surface area contributed by atoms with Crippen molar-refractivity contribution in [2.24, 2.45) is 0 Å². The minimum Gasteiger partial charge on any atom is -0.625 e. The second-order valence-electron chi connectivity index (χ2n) is 9.18. The van der Waals surface area contributed by atoms with Crippen molar-refractivity contribution in [1.82, 2.24) is 4.90 Å². The Bertz CT molecular complexity index is 992. The maximum atomic E-state index is 12.1. The van der Waals surface area contributed by atoms with Crippen molar-refractivity contribution >= 4 is 52.9 Å². The van der Waals surface area contributed by atoms with Gasteiger partial charge in [0.15, 0.2) is 0 Å². The summed E-state index contributed by atoms with van der Waals surface area (Å²) >= 11 is 3.56. The average Bonchev–Trinajstić information content (AvgIpc) is 2.74. The molecule has 1 fully saturated rings. The molecule has 0 saturated carbocycles. The van der Waals surface area contributed by atoms with Crippen molar-refractivity contribution in [2.45, 2.75) is 73.0 Å². The molecule has 0 unspecified atom stereocenters. The molecule has 0 aliphatic carbocycles. The van der Waals surface area contributed by atoms with E-state index in [2.05, 4.69) is 47.1 Å². The molecule has 0 spiro atoms. The molecule has 1 aliphatic heterocycles. The summed E-state index contributed by atoms with van der Waals surface area (Å²) in [6.45, 7) is 12.3. The maximum Gasteiger partial charge on any atom is 1.00 e. The van der Waals surface area contributed by atoms with Crippen molar-refractivity contribution in [3.8, 4) is 11.8 Å². The number of likely N-dealkylation sites (tertiary alicyclic amines) is 1. The Morgan fingerprint density at radius 1 is 1.00 bits per heavy atom. The van der Waals surface area contributed by atoms with E-state index >= 15 is 0 Å². The van der Waals surface area contributed by atoms with Crippen molar-refractivity contribution in [3.05, 3.63) is 28.2 Å². The molecular weight excluding hydrogens is 570 g/mol. The average molecular weight is 605 g/mol. The number of nitrogens with zero attached hydrogens (tertiary/aromatic N) is 1. The number of halogens is 1. The van der Waals surface area contributed by atoms with Crippen molar-refractivity contribution in [2.75, 3.05) is 18.4 Å². The van der Waals surface area contributed by atoms with Crippen LogP contribution in [0.1, 0.15) is 66.9 Å². The van der Waals surface area contributed by atoms with Crippen LogP contribution >= 0.6 is 15.9 Å². The van der Waals surface area contributed by atoms with Gasteiger partial charge in [0.1, 0.15) is 5.60 Å². The predicted molar refractivity (Wildman–Crippen MR) is 144 cm³/mol. The molecule has 1 aromatic rings. The monoisotopic (exact) mass is 604 g/mol. The Balaban J connectivity index is 0.000000838. The first kappa shape index (κ1) is 35.8. The largest absolute Gasteiger partial charge is 1.00 e. The molecule has 1 aromatic carbocycles. The van der Waals surface area contributed by atoms with Crippen molar-refractivity contribution < 1.29 is 67.4 Å². The van der Waals surface area contributed by atoms with Gasteiger partial charge in [0.25, 0.3) is 17.9 Å². The maximum absolute atomic E-state index is 12.1. The smallest absolute Gasteiger partial charge is 0.625 e. The Labute approximate surface area is 255 Å². The number of ether oxygens (including phenoxy) is 1. The summed E-state index contributed by atoms with van der Waals surface area (Å²) < 4.78 is 19.7. The van der Waals surface area contributed by atoms with E-state index in [1.165, 1.54) is 0 Å². The van der Waals surface area contributed by atoms with Crippen LogP contribution in [-0.4, -0.2) is 61.0 Å². The van der Waals surface area contributed by atoms with Crippen LogP contribution in [0.15, 0.2) is 22.7 Å². The van der Waals surface area contributed by atoms with Crippen LogP contribution in [-0.2, 0) is 33.1 Å². The van der Waals surface area contributed by atoms with Crippen LogP contribution in [0.5, 0.6) is 0 Å². The van der Waals surface area contributed by atoms with E-state index in [9.17, 15) is 19.2 Å². The van der Waals surface area contributed by atoms with Crippen LogP contribution in [0.2, 0.25) is 0 Å². The number of rotatable bonds is 5. The van der Waals surface area contributed by atoms with Crippen molar-refractivity contribution in [3.63, 3.8) is 0 Å². The minimum atomic E-state index is -2.41. The van der Waals surface area contributed by atoms with Crippen LogP contribution in [0, 0.1) is 11.8 Å². The van der Waals surface area contributed by atoms with E-state index in [0.717, 1.165) is 49.3 Å². The van der Waals surface area contributed by atoms with Gasteiger partial charge in [0.2, 0.25) is 0 Å². The number of carbonyl (C=O) groups excluding carboxylic acids is 4. The molecule has 0 atom stereocenters. The molecule has 1 saturated heterocycles. The molecule has 0 aromatic heterocycles. The van der Waals surface area contributed by atoms with E-state index in [0.29, 0.717) is 19.1 Å². The van der Waals surface area contributed by atoms with E-state index < -0.39 is 30.8 Å². The number of anilines is 1. The van der Waals surface area contributed by atoms with Gasteiger partial charge in [-0.05, 0) is 68.6 Å². The van der Waals surface area contributed by atoms with Crippen LogP contribution < -0.4 is 34.9 Å². The van der Waals surface area contributed by atoms with Crippen LogP contribution in [0.25, 0.3) is 0 Å². The Hall–Kier alpha value is -2.20. The zero-order valence-corrected chi connectivity index (χ0v) is 27.0. The second kappa shape index (κ2) is 17.4. The molecule has 0 radical (unpaired) electrons. The normalized spacial score (nSPS) is 12.9. The fraction of sp³-hybridized carbons (Fsp3) is 0.520. The molecule has 1 N–H and O–H groups in total. The van der Waals surface area contributed by atoms with Crippen LogP contribution in [0.4, 0.5) is 10.5 Å². The SMILES string of the molecule is CC#Cc1c(Br)cccc1NC1CCN(C(=O)OC(C)(C)C)CC1.CC(=O)O[BH-](OC(C)=O)OC(C)=O.[Na+]. The van der Waals surface area contributed by atoms with Gasteiger partial charge in [-0.1, -0.05) is 12.0 Å². The zero-order valence-electron chi connectivity index (χ0n) is 23.4. The summed E-state index contributed by atoms with van der Waals surface area (Å²) in [7, 11) is -2.41. The number of carbonyl (C=O) groups is 4. The van der Waals surface area contributed by atoms with E-state index in [1.54, 1.807) is 4.90 Å². The van der Waals surface area contributed by atoms with Gasteiger partial charge in [0, 0.05) is 44.4 Å². The first-order chi connectivity index (χ1) is 17.2. The number of amides is 1. The van der Waals surface area contributed by atoms with E-state index in [-0.39, 0.29) is 35.7 Å². The van der Waals surface area contributed by atoms with Gasteiger partial charge in [-0.2, -0.15) is 0 Å². The second-order valence-corrected chi connectivity index (χ2v) is 10.0. The molecule has 13 heteroatoms. The molecular formula is C25H35BBrN2NaO8. The molecule has 38 heavy (non-hydrogen) atoms. The standard InChI is InChI=1S/C19H25BrN2O2.C6H10BO6.Na/c1-5-7-15-16(20)8-6-9-17(15)21-14-10-12-22(13-11-14)18(23)24-19(2,3)4;1-4(8)11-7(12-5(2)9)13-6(3)10;/h6,8-9,14,21H,10-13H2,1-4H3;7H,1-3H3;/q;-1;+1. The Morgan fingerprint density at radius 3 is 1.92 bits per heavy atom. The van der Waals surface area contributed by atoms with Gasteiger partial charge < -0.3 is 28.9 Å². The molecule has 1 aliphatic rings. The Kier molecular flexibility index (Phi) is 16.4. The van der Waals surface area contributed by atoms with Crippen LogP contribution in [0.3, 0.4) is 0 Å². The quantitative estimate of drug-likeness (QED) is 0.388. The molecule has 2 rings (SSSR count). The summed E-state index contributed by atoms with van der Waals surface area (Å²) in [5.41, 5.74) is 1.57. The summed E-state index contributed by atoms with van der Waals surface area (Å²) in [4.78, 5) is 45.2. The van der Waals surface area contributed by atoms with Gasteiger partial charge >= 0.3 is 43.0 Å². The third-order valence-corrected chi connectivity index (χ3v) is 5.39. The molecule has 10 nitrogen and oxygen atoms in total. The third kappa shape index (κ3) is 14.7. The minimum absolute atomic E-state index is 0. The van der Waals surface area contributed by atoms with Gasteiger partial charge in [-0.25, -0.2) is 4.79 Å². The first-order valence-corrected chi connectivity index (χ1v) is 12.6. The predicted octanol–water partition coefficient (Wildman–Crippen LogP) is 1.03. The number of benzene rings is 1. The first-order valence-electron chi connectivity index (χ1n) is 11.8. The fourth-order valence-electron chi connectivity index (χ4n) is 3.24. The number of piperidine rings is 1. The van der Waals surface area contributed by atoms with Gasteiger partial charge in [-0.3, -0.25) is 14.4 Å². The van der Waals surface area contributed by atoms with Gasteiger partial charge in [-0.15, -0.1) is 5.92 Å². The molecule has 0 bridgehead atoms. The van der Waals surface area contributed by atoms with E-state index in [1.807, 2.05) is 45.9 Å². The summed E-state index contributed by atoms with van der Waals surface area (Å²) in [5, 5.41) is 3.57. The number of hydrogen-bond donors (Lipinski definition) is 1. The fourth-order valence-corrected chi connectivity index (χ4v) is 3.70. The molecule has 1 heterocycles. The van der Waals surface area contributed by atoms with Gasteiger partial charge in [0.05, 0.1) is 11.3 Å². The summed E-state index contributed by atoms with van der Waals surface area (Å²) in [5.74, 6) is 4.06. The topological polar surface area (TPSA) is 120 Å². The Morgan fingerprint density at radius 2 is 1.50 bits per heavy atom. The van der Waals surface area contributed by atoms with Crippen molar-refractivity contribution in [1.29, 1.82) is 0 Å². The third-order valence-electron chi connectivity index (χ3n) is 4.73. The zero-order chi connectivity index (χ0) is 28.2. The molecule has 204 valence electrons. The number of nitrogens with one attached hydrogen (secondary N) is 1. The number of hydrogen-bond acceptors (Lipinski definition) is 9. The molecule has 1 amide bonds.